The number of phenolic OH excluding ortho intramolecular Hbond substituents is 1. The normalized spacial score (nSPS) is 11.5. The van der Waals surface area contributed by atoms with E-state index in [9.17, 15) is 4.79 Å². The minimum Gasteiger partial charge on any atom is -0.508 e. The standard InChI is InChI=1S/C9H11NO3.C8H7N/c10-8(9(12)13)5-6-1-3-7(11)4-2-6;1-2-4-8-7(3-1)5-6-9-8/h1-4,8,11H,5,10H2,(H,12,13);1-6,9H. The van der Waals surface area contributed by atoms with E-state index in [1.165, 1.54) is 23.0 Å². The van der Waals surface area contributed by atoms with E-state index in [-0.39, 0.29) is 12.2 Å². The van der Waals surface area contributed by atoms with Crippen molar-refractivity contribution < 1.29 is 15.0 Å². The number of hydrogen-bond donors (Lipinski definition) is 4. The average Bonchev–Trinajstić information content (AvgIpc) is 2.98. The molecular formula is C17H18N2O3. The first kappa shape index (κ1) is 15.6. The van der Waals surface area contributed by atoms with Crippen LogP contribution in [0.25, 0.3) is 10.9 Å². The van der Waals surface area contributed by atoms with Crippen molar-refractivity contribution in [2.75, 3.05) is 0 Å². The Hall–Kier alpha value is -2.79. The zero-order valence-electron chi connectivity index (χ0n) is 11.9. The summed E-state index contributed by atoms with van der Waals surface area (Å²) in [5, 5.41) is 18.8. The number of aliphatic carboxylic acids is 1. The van der Waals surface area contributed by atoms with E-state index in [2.05, 4.69) is 23.2 Å². The highest BCUT2D eigenvalue weighted by Gasteiger charge is 2.11. The zero-order chi connectivity index (χ0) is 15.9. The van der Waals surface area contributed by atoms with Gasteiger partial charge >= 0.3 is 5.97 Å². The SMILES string of the molecule is NC(Cc1ccc(O)cc1)C(=O)O.c1ccc2[nH]ccc2c1. The van der Waals surface area contributed by atoms with Gasteiger partial charge in [-0.3, -0.25) is 4.79 Å². The minimum absolute atomic E-state index is 0.160. The van der Waals surface area contributed by atoms with Crippen LogP contribution in [0.5, 0.6) is 5.75 Å². The van der Waals surface area contributed by atoms with Gasteiger partial charge in [0, 0.05) is 11.7 Å². The molecule has 5 nitrogen and oxygen atoms in total. The average molecular weight is 298 g/mol. The lowest BCUT2D eigenvalue weighted by atomic mass is 10.1. The maximum atomic E-state index is 10.4. The summed E-state index contributed by atoms with van der Waals surface area (Å²) in [5.41, 5.74) is 7.33. The first-order valence-electron chi connectivity index (χ1n) is 6.84. The maximum absolute atomic E-state index is 10.4. The highest BCUT2D eigenvalue weighted by atomic mass is 16.4. The van der Waals surface area contributed by atoms with Crippen LogP contribution in [-0.4, -0.2) is 27.2 Å². The zero-order valence-corrected chi connectivity index (χ0v) is 11.9. The number of benzene rings is 2. The molecule has 0 bridgehead atoms. The Morgan fingerprint density at radius 3 is 2.41 bits per heavy atom. The molecule has 0 amide bonds. The van der Waals surface area contributed by atoms with Gasteiger partial charge in [0.25, 0.3) is 0 Å². The number of carboxylic acid groups (broad SMARTS) is 1. The van der Waals surface area contributed by atoms with Crippen LogP contribution in [0.2, 0.25) is 0 Å². The molecule has 0 saturated carbocycles. The number of H-pyrrole nitrogens is 1. The summed E-state index contributed by atoms with van der Waals surface area (Å²) in [5.74, 6) is -0.860. The molecule has 114 valence electrons. The third-order valence-corrected chi connectivity index (χ3v) is 3.17. The number of carboxylic acids is 1. The second kappa shape index (κ2) is 7.28. The molecule has 0 saturated heterocycles. The molecule has 3 rings (SSSR count). The summed E-state index contributed by atoms with van der Waals surface area (Å²) in [6.07, 6.45) is 2.22. The van der Waals surface area contributed by atoms with Gasteiger partial charge < -0.3 is 20.9 Å². The first-order valence-corrected chi connectivity index (χ1v) is 6.84. The minimum atomic E-state index is -1.02. The molecule has 2 aromatic carbocycles. The van der Waals surface area contributed by atoms with E-state index >= 15 is 0 Å². The summed E-state index contributed by atoms with van der Waals surface area (Å²) < 4.78 is 0. The number of aromatic hydroxyl groups is 1. The lowest BCUT2D eigenvalue weighted by molar-refractivity contribution is -0.138. The molecule has 0 fully saturated rings. The Bertz CT molecular complexity index is 705. The van der Waals surface area contributed by atoms with Crippen molar-refractivity contribution in [3.8, 4) is 5.75 Å². The van der Waals surface area contributed by atoms with Crippen LogP contribution < -0.4 is 5.73 Å². The molecule has 22 heavy (non-hydrogen) atoms. The largest absolute Gasteiger partial charge is 0.508 e. The quantitative estimate of drug-likeness (QED) is 0.597. The second-order valence-electron chi connectivity index (χ2n) is 4.88. The molecular weight excluding hydrogens is 280 g/mol. The molecule has 0 aliphatic rings. The molecule has 1 heterocycles. The van der Waals surface area contributed by atoms with Crippen molar-refractivity contribution in [2.24, 2.45) is 5.73 Å². The van der Waals surface area contributed by atoms with Gasteiger partial charge in [-0.1, -0.05) is 30.3 Å². The van der Waals surface area contributed by atoms with Crippen molar-refractivity contribution >= 4 is 16.9 Å². The van der Waals surface area contributed by atoms with Crippen LogP contribution in [0.3, 0.4) is 0 Å². The predicted molar refractivity (Wildman–Crippen MR) is 85.7 cm³/mol. The van der Waals surface area contributed by atoms with Gasteiger partial charge in [-0.05, 0) is 41.6 Å². The highest BCUT2D eigenvalue weighted by molar-refractivity contribution is 5.78. The van der Waals surface area contributed by atoms with Gasteiger partial charge in [-0.25, -0.2) is 0 Å². The Morgan fingerprint density at radius 1 is 1.09 bits per heavy atom. The van der Waals surface area contributed by atoms with E-state index in [1.54, 1.807) is 12.1 Å². The van der Waals surface area contributed by atoms with E-state index < -0.39 is 12.0 Å². The van der Waals surface area contributed by atoms with Gasteiger partial charge in [0.1, 0.15) is 11.8 Å². The monoisotopic (exact) mass is 298 g/mol. The number of carbonyl (C=O) groups is 1. The lowest BCUT2D eigenvalue weighted by Crippen LogP contribution is -2.32. The molecule has 0 aliphatic heterocycles. The Morgan fingerprint density at radius 2 is 1.77 bits per heavy atom. The first-order chi connectivity index (χ1) is 10.6. The van der Waals surface area contributed by atoms with Crippen molar-refractivity contribution in [2.45, 2.75) is 12.5 Å². The maximum Gasteiger partial charge on any atom is 0.320 e. The van der Waals surface area contributed by atoms with Crippen LogP contribution in [0, 0.1) is 0 Å². The van der Waals surface area contributed by atoms with E-state index in [4.69, 9.17) is 15.9 Å². The van der Waals surface area contributed by atoms with E-state index in [0.29, 0.717) is 0 Å². The van der Waals surface area contributed by atoms with Crippen LogP contribution in [0.1, 0.15) is 5.56 Å². The number of para-hydroxylation sites is 1. The Balaban J connectivity index is 0.000000170. The number of fused-ring (bicyclic) bond motifs is 1. The number of hydrogen-bond acceptors (Lipinski definition) is 3. The Kier molecular flexibility index (Phi) is 5.16. The summed E-state index contributed by atoms with van der Waals surface area (Å²) in [6.45, 7) is 0. The topological polar surface area (TPSA) is 99.3 Å². The van der Waals surface area contributed by atoms with Crippen LogP contribution in [0.15, 0.2) is 60.8 Å². The van der Waals surface area contributed by atoms with Crippen LogP contribution in [0.4, 0.5) is 0 Å². The molecule has 0 radical (unpaired) electrons. The highest BCUT2D eigenvalue weighted by Crippen LogP contribution is 2.11. The molecule has 5 N–H and O–H groups in total. The van der Waals surface area contributed by atoms with Crippen molar-refractivity contribution in [3.05, 3.63) is 66.4 Å². The third-order valence-electron chi connectivity index (χ3n) is 3.17. The summed E-state index contributed by atoms with van der Waals surface area (Å²) >= 11 is 0. The summed E-state index contributed by atoms with van der Waals surface area (Å²) in [7, 11) is 0. The molecule has 5 heteroatoms. The third kappa shape index (κ3) is 4.36. The van der Waals surface area contributed by atoms with E-state index in [0.717, 1.165) is 5.56 Å². The van der Waals surface area contributed by atoms with Crippen molar-refractivity contribution in [1.82, 2.24) is 4.98 Å². The molecule has 1 aromatic heterocycles. The predicted octanol–water partition coefficient (Wildman–Crippen LogP) is 2.51. The lowest BCUT2D eigenvalue weighted by Gasteiger charge is -2.05. The number of nitrogens with two attached hydrogens (primary N) is 1. The molecule has 0 spiro atoms. The summed E-state index contributed by atoms with van der Waals surface area (Å²) in [4.78, 5) is 13.5. The smallest absolute Gasteiger partial charge is 0.320 e. The second-order valence-corrected chi connectivity index (χ2v) is 4.88. The van der Waals surface area contributed by atoms with Gasteiger partial charge in [-0.2, -0.15) is 0 Å². The van der Waals surface area contributed by atoms with Gasteiger partial charge in [0.15, 0.2) is 0 Å². The number of rotatable bonds is 3. The fourth-order valence-electron chi connectivity index (χ4n) is 1.97. The summed E-state index contributed by atoms with van der Waals surface area (Å²) in [6, 6.07) is 15.7. The van der Waals surface area contributed by atoms with Crippen molar-refractivity contribution in [3.63, 3.8) is 0 Å². The molecule has 1 atom stereocenters. The van der Waals surface area contributed by atoms with Crippen LogP contribution in [-0.2, 0) is 11.2 Å². The van der Waals surface area contributed by atoms with Gasteiger partial charge in [0.2, 0.25) is 0 Å². The van der Waals surface area contributed by atoms with Gasteiger partial charge in [-0.15, -0.1) is 0 Å². The number of nitrogens with one attached hydrogen (secondary N) is 1. The van der Waals surface area contributed by atoms with Crippen LogP contribution >= 0.6 is 0 Å². The fourth-order valence-corrected chi connectivity index (χ4v) is 1.97. The molecule has 3 aromatic rings. The fraction of sp³-hybridized carbons (Fsp3) is 0.118. The number of aromatic amines is 1. The van der Waals surface area contributed by atoms with E-state index in [1.807, 2.05) is 18.3 Å². The Labute approximate surface area is 128 Å². The van der Waals surface area contributed by atoms with Crippen molar-refractivity contribution in [1.29, 1.82) is 0 Å². The number of aromatic nitrogens is 1. The molecule has 0 aliphatic carbocycles. The number of phenols is 1. The van der Waals surface area contributed by atoms with Gasteiger partial charge in [0.05, 0.1) is 0 Å². The molecule has 1 unspecified atom stereocenters.